The van der Waals surface area contributed by atoms with E-state index in [-0.39, 0.29) is 24.2 Å². The molecule has 3 atom stereocenters. The lowest BCUT2D eigenvalue weighted by atomic mass is 9.69. The largest absolute Gasteiger partial charge is 0.251 e. The van der Waals surface area contributed by atoms with Crippen LogP contribution in [0, 0.1) is 35.0 Å². The van der Waals surface area contributed by atoms with Crippen LogP contribution in [-0.4, -0.2) is 5.92 Å². The highest BCUT2D eigenvalue weighted by Crippen LogP contribution is 2.46. The van der Waals surface area contributed by atoms with Gasteiger partial charge in [0, 0.05) is 12.3 Å². The Morgan fingerprint density at radius 3 is 2.43 bits per heavy atom. The van der Waals surface area contributed by atoms with Crippen molar-refractivity contribution in [3.8, 4) is 6.07 Å². The van der Waals surface area contributed by atoms with Gasteiger partial charge in [-0.1, -0.05) is 20.8 Å². The summed E-state index contributed by atoms with van der Waals surface area (Å²) in [5.74, 6) is -3.40. The molecule has 0 aromatic heterocycles. The van der Waals surface area contributed by atoms with Gasteiger partial charge >= 0.3 is 0 Å². The van der Waals surface area contributed by atoms with Gasteiger partial charge in [0.15, 0.2) is 0 Å². The maximum atomic E-state index is 13.4. The summed E-state index contributed by atoms with van der Waals surface area (Å²) in [5, 5.41) is 8.90. The van der Waals surface area contributed by atoms with E-state index < -0.39 is 11.8 Å². The summed E-state index contributed by atoms with van der Waals surface area (Å²) in [5.41, 5.74) is 0. The zero-order chi connectivity index (χ0) is 10.9. The van der Waals surface area contributed by atoms with Gasteiger partial charge in [-0.25, -0.2) is 8.78 Å². The van der Waals surface area contributed by atoms with Crippen molar-refractivity contribution in [3.05, 3.63) is 0 Å². The molecule has 1 rings (SSSR count). The van der Waals surface area contributed by atoms with Gasteiger partial charge in [0.2, 0.25) is 0 Å². The van der Waals surface area contributed by atoms with Crippen molar-refractivity contribution in [2.75, 3.05) is 0 Å². The SMILES string of the molecule is CC(C)C1CC(F)(F)C(C)CC1C#N. The van der Waals surface area contributed by atoms with E-state index in [2.05, 4.69) is 6.07 Å². The van der Waals surface area contributed by atoms with Crippen molar-refractivity contribution in [2.45, 2.75) is 39.5 Å². The highest BCUT2D eigenvalue weighted by molar-refractivity contribution is 4.98. The molecule has 0 aromatic rings. The van der Waals surface area contributed by atoms with E-state index in [0.29, 0.717) is 6.42 Å². The fraction of sp³-hybridized carbons (Fsp3) is 0.909. The minimum Gasteiger partial charge on any atom is -0.207 e. The lowest BCUT2D eigenvalue weighted by Crippen LogP contribution is -2.40. The smallest absolute Gasteiger partial charge is 0.207 e. The van der Waals surface area contributed by atoms with Gasteiger partial charge < -0.3 is 0 Å². The van der Waals surface area contributed by atoms with E-state index in [1.807, 2.05) is 13.8 Å². The van der Waals surface area contributed by atoms with E-state index in [0.717, 1.165) is 0 Å². The summed E-state index contributed by atoms with van der Waals surface area (Å²) in [6.07, 6.45) is 0.219. The lowest BCUT2D eigenvalue weighted by molar-refractivity contribution is -0.112. The van der Waals surface area contributed by atoms with Gasteiger partial charge in [-0.15, -0.1) is 0 Å². The average Bonchev–Trinajstić information content (AvgIpc) is 2.08. The zero-order valence-electron chi connectivity index (χ0n) is 8.93. The molecule has 0 N–H and O–H groups in total. The zero-order valence-corrected chi connectivity index (χ0v) is 8.93. The predicted molar refractivity (Wildman–Crippen MR) is 50.8 cm³/mol. The molecular weight excluding hydrogens is 184 g/mol. The Morgan fingerprint density at radius 1 is 1.43 bits per heavy atom. The summed E-state index contributed by atoms with van der Waals surface area (Å²) in [7, 11) is 0. The van der Waals surface area contributed by atoms with E-state index in [1.54, 1.807) is 6.92 Å². The third-order valence-electron chi connectivity index (χ3n) is 3.38. The molecule has 0 aliphatic heterocycles. The van der Waals surface area contributed by atoms with Crippen molar-refractivity contribution in [3.63, 3.8) is 0 Å². The van der Waals surface area contributed by atoms with Gasteiger partial charge in [-0.2, -0.15) is 5.26 Å². The summed E-state index contributed by atoms with van der Waals surface area (Å²) in [6, 6.07) is 2.17. The topological polar surface area (TPSA) is 23.8 Å². The molecule has 14 heavy (non-hydrogen) atoms. The number of nitrogens with zero attached hydrogens (tertiary/aromatic N) is 1. The van der Waals surface area contributed by atoms with Crippen LogP contribution in [0.25, 0.3) is 0 Å². The van der Waals surface area contributed by atoms with Crippen LogP contribution in [0.4, 0.5) is 8.78 Å². The summed E-state index contributed by atoms with van der Waals surface area (Å²) in [4.78, 5) is 0. The van der Waals surface area contributed by atoms with Crippen LogP contribution in [0.2, 0.25) is 0 Å². The molecule has 0 spiro atoms. The van der Waals surface area contributed by atoms with Gasteiger partial charge in [-0.05, 0) is 18.3 Å². The van der Waals surface area contributed by atoms with Crippen molar-refractivity contribution in [1.29, 1.82) is 5.26 Å². The Labute approximate surface area is 84.1 Å². The number of rotatable bonds is 1. The molecule has 0 saturated heterocycles. The molecule has 0 amide bonds. The number of hydrogen-bond donors (Lipinski definition) is 0. The Morgan fingerprint density at radius 2 is 2.00 bits per heavy atom. The Kier molecular flexibility index (Phi) is 3.14. The van der Waals surface area contributed by atoms with Gasteiger partial charge in [-0.3, -0.25) is 0 Å². The molecule has 3 heteroatoms. The molecule has 80 valence electrons. The molecule has 0 bridgehead atoms. The number of halogens is 2. The van der Waals surface area contributed by atoms with Gasteiger partial charge in [0.05, 0.1) is 12.0 Å². The second kappa shape index (κ2) is 3.84. The van der Waals surface area contributed by atoms with Crippen LogP contribution in [0.1, 0.15) is 33.6 Å². The first-order valence-electron chi connectivity index (χ1n) is 5.16. The van der Waals surface area contributed by atoms with Crippen LogP contribution in [0.15, 0.2) is 0 Å². The van der Waals surface area contributed by atoms with E-state index in [1.165, 1.54) is 0 Å². The third-order valence-corrected chi connectivity index (χ3v) is 3.38. The first-order chi connectivity index (χ1) is 6.38. The molecule has 3 unspecified atom stereocenters. The molecule has 1 nitrogen and oxygen atoms in total. The maximum absolute atomic E-state index is 13.4. The van der Waals surface area contributed by atoms with Crippen LogP contribution >= 0.6 is 0 Å². The second-order valence-corrected chi connectivity index (χ2v) is 4.75. The molecule has 1 aliphatic rings. The first kappa shape index (κ1) is 11.4. The van der Waals surface area contributed by atoms with Crippen molar-refractivity contribution in [2.24, 2.45) is 23.7 Å². The molecule has 0 heterocycles. The second-order valence-electron chi connectivity index (χ2n) is 4.75. The minimum absolute atomic E-state index is 0.121. The monoisotopic (exact) mass is 201 g/mol. The van der Waals surface area contributed by atoms with E-state index >= 15 is 0 Å². The molecule has 1 fully saturated rings. The van der Waals surface area contributed by atoms with E-state index in [9.17, 15) is 8.78 Å². The van der Waals surface area contributed by atoms with Crippen LogP contribution < -0.4 is 0 Å². The molecule has 1 aliphatic carbocycles. The standard InChI is InChI=1S/C11H17F2N/c1-7(2)10-5-11(12,13)8(3)4-9(10)6-14/h7-10H,4-5H2,1-3H3. The van der Waals surface area contributed by atoms with Crippen molar-refractivity contribution < 1.29 is 8.78 Å². The molecule has 1 saturated carbocycles. The van der Waals surface area contributed by atoms with Gasteiger partial charge in [0.25, 0.3) is 5.92 Å². The van der Waals surface area contributed by atoms with Crippen LogP contribution in [0.5, 0.6) is 0 Å². The van der Waals surface area contributed by atoms with E-state index in [4.69, 9.17) is 5.26 Å². The van der Waals surface area contributed by atoms with Crippen molar-refractivity contribution in [1.82, 2.24) is 0 Å². The summed E-state index contributed by atoms with van der Waals surface area (Å²) in [6.45, 7) is 5.38. The Balaban J connectivity index is 2.81. The lowest BCUT2D eigenvalue weighted by Gasteiger charge is -2.39. The highest BCUT2D eigenvalue weighted by atomic mass is 19.3. The number of nitriles is 1. The normalized spacial score (nSPS) is 36.8. The molecule has 0 radical (unpaired) electrons. The summed E-state index contributed by atoms with van der Waals surface area (Å²) < 4.78 is 26.8. The minimum atomic E-state index is -2.58. The average molecular weight is 201 g/mol. The number of alkyl halides is 2. The highest BCUT2D eigenvalue weighted by Gasteiger charge is 2.47. The fourth-order valence-corrected chi connectivity index (χ4v) is 2.23. The fourth-order valence-electron chi connectivity index (χ4n) is 2.23. The van der Waals surface area contributed by atoms with Crippen molar-refractivity contribution >= 4 is 0 Å². The Bertz CT molecular complexity index is 242. The van der Waals surface area contributed by atoms with Crippen LogP contribution in [0.3, 0.4) is 0 Å². The predicted octanol–water partition coefficient (Wildman–Crippen LogP) is 3.46. The molecule has 0 aromatic carbocycles. The first-order valence-corrected chi connectivity index (χ1v) is 5.16. The van der Waals surface area contributed by atoms with Gasteiger partial charge in [0.1, 0.15) is 0 Å². The summed E-state index contributed by atoms with van der Waals surface area (Å²) >= 11 is 0. The Hall–Kier alpha value is -0.650. The number of hydrogen-bond acceptors (Lipinski definition) is 1. The quantitative estimate of drug-likeness (QED) is 0.637. The van der Waals surface area contributed by atoms with Crippen LogP contribution in [-0.2, 0) is 0 Å². The molecular formula is C11H17F2N. The maximum Gasteiger partial charge on any atom is 0.251 e. The third kappa shape index (κ3) is 2.05.